The van der Waals surface area contributed by atoms with E-state index in [0.717, 1.165) is 23.8 Å². The summed E-state index contributed by atoms with van der Waals surface area (Å²) in [6.45, 7) is 1.64. The third kappa shape index (κ3) is 5.10. The molecule has 2 aromatic carbocycles. The van der Waals surface area contributed by atoms with E-state index in [9.17, 15) is 32.7 Å². The zero-order valence-electron chi connectivity index (χ0n) is 20.9. The van der Waals surface area contributed by atoms with E-state index in [1.165, 1.54) is 49.3 Å². The van der Waals surface area contributed by atoms with Gasteiger partial charge in [-0.3, -0.25) is 4.90 Å². The minimum Gasteiger partial charge on any atom is -0.491 e. The minimum atomic E-state index is -4.65. The van der Waals surface area contributed by atoms with Gasteiger partial charge in [-0.25, -0.2) is 24.0 Å². The van der Waals surface area contributed by atoms with Crippen LogP contribution >= 0.6 is 0 Å². The molecule has 0 amide bonds. The maximum absolute atomic E-state index is 13.5. The Hall–Kier alpha value is -4.59. The number of nitrogens with zero attached hydrogens (tertiary/aromatic N) is 3. The number of carbonyl (C=O) groups excluding carboxylic acids is 1. The molecular formula is C25H23F3N4O7. The van der Waals surface area contributed by atoms with E-state index in [1.54, 1.807) is 0 Å². The second-order valence-electron chi connectivity index (χ2n) is 8.37. The lowest BCUT2D eigenvalue weighted by atomic mass is 9.92. The summed E-state index contributed by atoms with van der Waals surface area (Å²) in [5.41, 5.74) is -1.63. The number of methoxy groups -OCH3 is 2. The number of halogens is 3. The van der Waals surface area contributed by atoms with Crippen LogP contribution in [0.3, 0.4) is 0 Å². The molecule has 14 heteroatoms. The van der Waals surface area contributed by atoms with Gasteiger partial charge in [-0.05, 0) is 37.3 Å². The van der Waals surface area contributed by atoms with Crippen molar-refractivity contribution in [2.24, 2.45) is 0 Å². The van der Waals surface area contributed by atoms with Gasteiger partial charge in [0.15, 0.2) is 0 Å². The zero-order chi connectivity index (χ0) is 28.5. The molecule has 3 aromatic rings. The molecule has 11 nitrogen and oxygen atoms in total. The third-order valence-electron chi connectivity index (χ3n) is 6.08. The quantitative estimate of drug-likeness (QED) is 0.320. The molecule has 0 saturated heterocycles. The molecule has 2 N–H and O–H groups in total. The number of esters is 1. The Morgan fingerprint density at radius 1 is 1.13 bits per heavy atom. The Morgan fingerprint density at radius 2 is 1.87 bits per heavy atom. The number of aromatic nitrogens is 3. The number of rotatable bonds is 8. The van der Waals surface area contributed by atoms with Crippen molar-refractivity contribution >= 4 is 23.6 Å². The van der Waals surface area contributed by atoms with E-state index in [0.29, 0.717) is 0 Å². The van der Waals surface area contributed by atoms with Gasteiger partial charge in [0.2, 0.25) is 5.95 Å². The van der Waals surface area contributed by atoms with E-state index in [2.05, 4.69) is 10.2 Å². The predicted octanol–water partition coefficient (Wildman–Crippen LogP) is 3.50. The number of alkyl halides is 3. The standard InChI is InChI=1S/C25H23F3N4O7/c1-13-19(22(35)38-3)20(17-8-7-14(21(33)34)11-18(17)39-10-9-37-2)32-23(29-30-24(32)36)31(13)16-6-4-5-15(12-16)25(26,27)28/h4-8,11-12,20H,9-10H2,1-3H3,(H,30,36)(H,33,34). The Morgan fingerprint density at radius 3 is 2.51 bits per heavy atom. The fourth-order valence-corrected chi connectivity index (χ4v) is 4.33. The maximum atomic E-state index is 13.5. The van der Waals surface area contributed by atoms with Crippen molar-refractivity contribution in [2.45, 2.75) is 19.1 Å². The largest absolute Gasteiger partial charge is 0.491 e. The number of carboxylic acids is 1. The number of nitrogens with one attached hydrogen (secondary N) is 1. The van der Waals surface area contributed by atoms with Gasteiger partial charge in [-0.1, -0.05) is 12.1 Å². The number of aromatic carboxylic acids is 1. The molecule has 1 unspecified atom stereocenters. The number of benzene rings is 2. The number of anilines is 2. The molecule has 4 rings (SSSR count). The molecule has 1 aromatic heterocycles. The van der Waals surface area contributed by atoms with E-state index in [-0.39, 0.29) is 53.0 Å². The number of ether oxygens (including phenoxy) is 3. The summed E-state index contributed by atoms with van der Waals surface area (Å²) in [6.07, 6.45) is -4.65. The first kappa shape index (κ1) is 27.4. The average molecular weight is 548 g/mol. The van der Waals surface area contributed by atoms with Crippen LogP contribution in [0.4, 0.5) is 24.8 Å². The minimum absolute atomic E-state index is 0.0129. The Labute approximate surface area is 219 Å². The van der Waals surface area contributed by atoms with Crippen LogP contribution in [0.2, 0.25) is 0 Å². The second kappa shape index (κ2) is 10.6. The number of carbonyl (C=O) groups is 2. The van der Waals surface area contributed by atoms with Crippen LogP contribution in [0.25, 0.3) is 0 Å². The van der Waals surface area contributed by atoms with Gasteiger partial charge >= 0.3 is 23.8 Å². The van der Waals surface area contributed by atoms with Gasteiger partial charge in [0.1, 0.15) is 18.4 Å². The molecule has 1 aliphatic rings. The summed E-state index contributed by atoms with van der Waals surface area (Å²) in [7, 11) is 2.56. The highest BCUT2D eigenvalue weighted by Crippen LogP contribution is 2.44. The second-order valence-corrected chi connectivity index (χ2v) is 8.37. The number of allylic oxidation sites excluding steroid dienone is 1. The molecule has 0 saturated carbocycles. The summed E-state index contributed by atoms with van der Waals surface area (Å²) in [4.78, 5) is 39.1. The highest BCUT2D eigenvalue weighted by atomic mass is 19.4. The highest BCUT2D eigenvalue weighted by Gasteiger charge is 2.41. The van der Waals surface area contributed by atoms with Gasteiger partial charge in [0.25, 0.3) is 0 Å². The highest BCUT2D eigenvalue weighted by molar-refractivity contribution is 5.94. The zero-order valence-corrected chi connectivity index (χ0v) is 20.9. The number of carboxylic acid groups (broad SMARTS) is 1. The summed E-state index contributed by atoms with van der Waals surface area (Å²) < 4.78 is 57.3. The summed E-state index contributed by atoms with van der Waals surface area (Å²) in [5.74, 6) is -2.19. The van der Waals surface area contributed by atoms with Crippen LogP contribution in [-0.4, -0.2) is 59.2 Å². The number of H-pyrrole nitrogens is 1. The first-order valence-corrected chi connectivity index (χ1v) is 11.4. The maximum Gasteiger partial charge on any atom is 0.416 e. The van der Waals surface area contributed by atoms with Crippen molar-refractivity contribution in [1.82, 2.24) is 14.8 Å². The smallest absolute Gasteiger partial charge is 0.416 e. The van der Waals surface area contributed by atoms with Gasteiger partial charge in [-0.15, -0.1) is 5.10 Å². The van der Waals surface area contributed by atoms with Crippen LogP contribution < -0.4 is 15.3 Å². The fraction of sp³-hybridized carbons (Fsp3) is 0.280. The third-order valence-corrected chi connectivity index (χ3v) is 6.08. The lowest BCUT2D eigenvalue weighted by Gasteiger charge is -2.36. The SMILES string of the molecule is COCCOc1cc(C(=O)O)ccc1C1C(C(=O)OC)=C(C)N(c2cccc(C(F)(F)F)c2)c2n[nH]c(=O)n21. The topological polar surface area (TPSA) is 136 Å². The van der Waals surface area contributed by atoms with Crippen LogP contribution in [0.1, 0.15) is 34.5 Å². The summed E-state index contributed by atoms with van der Waals surface area (Å²) in [5, 5.41) is 15.8. The molecule has 0 spiro atoms. The molecule has 206 valence electrons. The van der Waals surface area contributed by atoms with Crippen LogP contribution in [0.15, 0.2) is 58.5 Å². The molecular weight excluding hydrogens is 525 g/mol. The van der Waals surface area contributed by atoms with Crippen molar-refractivity contribution < 1.29 is 42.1 Å². The van der Waals surface area contributed by atoms with Crippen molar-refractivity contribution in [3.63, 3.8) is 0 Å². The van der Waals surface area contributed by atoms with E-state index in [1.807, 2.05) is 0 Å². The molecule has 0 aliphatic carbocycles. The first-order chi connectivity index (χ1) is 18.5. The molecule has 39 heavy (non-hydrogen) atoms. The fourth-order valence-electron chi connectivity index (χ4n) is 4.33. The van der Waals surface area contributed by atoms with Gasteiger partial charge in [0.05, 0.1) is 30.4 Å². The molecule has 0 radical (unpaired) electrons. The van der Waals surface area contributed by atoms with Gasteiger partial charge < -0.3 is 19.3 Å². The monoisotopic (exact) mass is 548 g/mol. The first-order valence-electron chi connectivity index (χ1n) is 11.4. The normalized spacial score (nSPS) is 15.2. The van der Waals surface area contributed by atoms with E-state index < -0.39 is 35.4 Å². The van der Waals surface area contributed by atoms with Crippen molar-refractivity contribution in [2.75, 3.05) is 32.3 Å². The molecule has 1 aliphatic heterocycles. The lowest BCUT2D eigenvalue weighted by Crippen LogP contribution is -2.38. The number of hydrogen-bond donors (Lipinski definition) is 2. The van der Waals surface area contributed by atoms with Gasteiger partial charge in [-0.2, -0.15) is 13.2 Å². The molecule has 0 bridgehead atoms. The van der Waals surface area contributed by atoms with Crippen LogP contribution in [0.5, 0.6) is 5.75 Å². The van der Waals surface area contributed by atoms with E-state index in [4.69, 9.17) is 14.2 Å². The summed E-state index contributed by atoms with van der Waals surface area (Å²) >= 11 is 0. The Bertz CT molecular complexity index is 1510. The molecule has 2 heterocycles. The number of aromatic amines is 1. The van der Waals surface area contributed by atoms with Crippen molar-refractivity contribution in [3.05, 3.63) is 80.9 Å². The van der Waals surface area contributed by atoms with Crippen molar-refractivity contribution in [3.8, 4) is 5.75 Å². The lowest BCUT2D eigenvalue weighted by molar-refractivity contribution is -0.138. The van der Waals surface area contributed by atoms with Crippen LogP contribution in [-0.2, 0) is 20.4 Å². The van der Waals surface area contributed by atoms with Crippen LogP contribution in [0, 0.1) is 0 Å². The molecule has 0 fully saturated rings. The average Bonchev–Trinajstić information content (AvgIpc) is 3.28. The number of fused-ring (bicyclic) bond motifs is 1. The summed E-state index contributed by atoms with van der Waals surface area (Å²) in [6, 6.07) is 6.98. The van der Waals surface area contributed by atoms with Crippen molar-refractivity contribution in [1.29, 1.82) is 0 Å². The predicted molar refractivity (Wildman–Crippen MR) is 130 cm³/mol. The Kier molecular flexibility index (Phi) is 7.49. The van der Waals surface area contributed by atoms with Gasteiger partial charge in [0, 0.05) is 24.1 Å². The number of hydrogen-bond acceptors (Lipinski definition) is 8. The Balaban J connectivity index is 1.99. The van der Waals surface area contributed by atoms with E-state index >= 15 is 0 Å². The molecule has 1 atom stereocenters.